The Bertz CT molecular complexity index is 848. The quantitative estimate of drug-likeness (QED) is 0.632. The lowest BCUT2D eigenvalue weighted by Crippen LogP contribution is -2.38. The van der Waals surface area contributed by atoms with Crippen molar-refractivity contribution in [2.75, 3.05) is 7.05 Å². The Morgan fingerprint density at radius 2 is 1.96 bits per heavy atom. The van der Waals surface area contributed by atoms with Crippen molar-refractivity contribution in [1.29, 1.82) is 0 Å². The summed E-state index contributed by atoms with van der Waals surface area (Å²) in [5.41, 5.74) is 1.10. The van der Waals surface area contributed by atoms with E-state index in [1.165, 1.54) is 17.9 Å². The number of aryl methyl sites for hydroxylation is 2. The van der Waals surface area contributed by atoms with Crippen molar-refractivity contribution in [2.45, 2.75) is 26.1 Å². The molecule has 0 radical (unpaired) electrons. The molecule has 0 aliphatic rings. The SMILES string of the molecule is CNC(=O)c1oc(-c2cc[n+](CCC(=O)O)nc2)nc1C.O=C([O-])C(F)(F)F. The van der Waals surface area contributed by atoms with Crippen LogP contribution in [-0.2, 0) is 16.1 Å². The van der Waals surface area contributed by atoms with Gasteiger partial charge in [0.25, 0.3) is 5.91 Å². The summed E-state index contributed by atoms with van der Waals surface area (Å²) in [6, 6.07) is 1.70. The standard InChI is InChI=1S/C13H14N4O4.C2HF3O2/c1-8-11(12(20)14-2)21-13(16-8)9-3-5-17(15-7-9)6-4-10(18)19;3-2(4,5)1(6)7/h3,5,7H,4,6H2,1-2H3,(H-,14,18,19,20);(H,6,7). The number of hydrogen-bond donors (Lipinski definition) is 2. The number of halogens is 3. The van der Waals surface area contributed by atoms with E-state index in [2.05, 4.69) is 15.4 Å². The molecular formula is C15H15F3N4O6. The number of aliphatic carboxylic acids is 2. The highest BCUT2D eigenvalue weighted by molar-refractivity contribution is 5.92. The Kier molecular flexibility index (Phi) is 7.59. The van der Waals surface area contributed by atoms with Gasteiger partial charge in [0.1, 0.15) is 18.6 Å². The number of nitrogens with one attached hydrogen (secondary N) is 1. The molecule has 28 heavy (non-hydrogen) atoms. The summed E-state index contributed by atoms with van der Waals surface area (Å²) in [5.74, 6) is -3.77. The fraction of sp³-hybridized carbons (Fsp3) is 0.333. The van der Waals surface area contributed by atoms with Crippen molar-refractivity contribution in [3.63, 3.8) is 0 Å². The highest BCUT2D eigenvalue weighted by Crippen LogP contribution is 2.20. The highest BCUT2D eigenvalue weighted by Gasteiger charge is 2.28. The van der Waals surface area contributed by atoms with Gasteiger partial charge < -0.3 is 24.7 Å². The fourth-order valence-corrected chi connectivity index (χ4v) is 1.70. The molecule has 0 aromatic carbocycles. The van der Waals surface area contributed by atoms with Gasteiger partial charge in [-0.3, -0.25) is 9.59 Å². The Balaban J connectivity index is 0.000000480. The van der Waals surface area contributed by atoms with E-state index in [0.717, 1.165) is 0 Å². The van der Waals surface area contributed by atoms with Crippen LogP contribution in [0.3, 0.4) is 0 Å². The van der Waals surface area contributed by atoms with Crippen LogP contribution in [-0.4, -0.2) is 46.3 Å². The molecule has 2 aromatic rings. The number of carboxylic acid groups (broad SMARTS) is 2. The van der Waals surface area contributed by atoms with Crippen LogP contribution in [0.2, 0.25) is 0 Å². The minimum atomic E-state index is -5.19. The van der Waals surface area contributed by atoms with E-state index < -0.39 is 18.1 Å². The van der Waals surface area contributed by atoms with Crippen LogP contribution in [0, 0.1) is 6.92 Å². The van der Waals surface area contributed by atoms with Crippen LogP contribution in [0.4, 0.5) is 13.2 Å². The Labute approximate surface area is 155 Å². The number of alkyl halides is 3. The number of oxazole rings is 1. The van der Waals surface area contributed by atoms with Crippen molar-refractivity contribution in [1.82, 2.24) is 15.4 Å². The van der Waals surface area contributed by atoms with E-state index in [4.69, 9.17) is 19.4 Å². The predicted octanol–water partition coefficient (Wildman–Crippen LogP) is -0.535. The van der Waals surface area contributed by atoms with E-state index in [9.17, 15) is 22.8 Å². The molecule has 0 saturated heterocycles. The first-order chi connectivity index (χ1) is 13.0. The average Bonchev–Trinajstić information content (AvgIpc) is 3.01. The number of hydrogen-bond acceptors (Lipinski definition) is 7. The smallest absolute Gasteiger partial charge is 0.430 e. The number of carboxylic acids is 2. The summed E-state index contributed by atoms with van der Waals surface area (Å²) in [5, 5.41) is 24.0. The third kappa shape index (κ3) is 6.66. The van der Waals surface area contributed by atoms with Crippen LogP contribution < -0.4 is 15.1 Å². The second kappa shape index (κ2) is 9.43. The van der Waals surface area contributed by atoms with Crippen LogP contribution in [0.1, 0.15) is 22.7 Å². The second-order valence-electron chi connectivity index (χ2n) is 5.12. The molecule has 0 bridgehead atoms. The van der Waals surface area contributed by atoms with Gasteiger partial charge in [-0.1, -0.05) is 4.68 Å². The van der Waals surface area contributed by atoms with Crippen LogP contribution in [0.25, 0.3) is 11.5 Å². The zero-order valence-corrected chi connectivity index (χ0v) is 14.6. The van der Waals surface area contributed by atoms with Crippen molar-refractivity contribution >= 4 is 17.8 Å². The molecule has 2 N–H and O–H groups in total. The molecular weight excluding hydrogens is 389 g/mol. The lowest BCUT2D eigenvalue weighted by atomic mass is 10.3. The molecule has 152 valence electrons. The molecule has 0 spiro atoms. The third-order valence-corrected chi connectivity index (χ3v) is 3.03. The van der Waals surface area contributed by atoms with Crippen molar-refractivity contribution in [2.24, 2.45) is 0 Å². The molecule has 0 saturated carbocycles. The van der Waals surface area contributed by atoms with E-state index in [1.807, 2.05) is 0 Å². The summed E-state index contributed by atoms with van der Waals surface area (Å²) < 4.78 is 38.5. The van der Waals surface area contributed by atoms with Gasteiger partial charge in [0.15, 0.2) is 12.7 Å². The fourth-order valence-electron chi connectivity index (χ4n) is 1.70. The topological polar surface area (TPSA) is 149 Å². The Morgan fingerprint density at radius 3 is 2.39 bits per heavy atom. The summed E-state index contributed by atoms with van der Waals surface area (Å²) in [4.78, 5) is 35.0. The van der Waals surface area contributed by atoms with Gasteiger partial charge in [-0.2, -0.15) is 13.2 Å². The average molecular weight is 404 g/mol. The number of amides is 1. The molecule has 0 aliphatic carbocycles. The number of rotatable bonds is 5. The maximum Gasteiger partial charge on any atom is 0.430 e. The molecule has 1 amide bonds. The summed E-state index contributed by atoms with van der Waals surface area (Å²) in [7, 11) is 1.51. The second-order valence-corrected chi connectivity index (χ2v) is 5.12. The van der Waals surface area contributed by atoms with Crippen molar-refractivity contribution in [3.8, 4) is 11.5 Å². The monoisotopic (exact) mass is 404 g/mol. The van der Waals surface area contributed by atoms with Gasteiger partial charge in [-0.15, -0.1) is 0 Å². The largest absolute Gasteiger partial charge is 0.542 e. The maximum absolute atomic E-state index is 11.6. The van der Waals surface area contributed by atoms with Gasteiger partial charge >= 0.3 is 12.1 Å². The molecule has 0 unspecified atom stereocenters. The number of aromatic nitrogens is 3. The van der Waals surface area contributed by atoms with Gasteiger partial charge in [0.2, 0.25) is 11.7 Å². The minimum absolute atomic E-state index is 0.00402. The maximum atomic E-state index is 11.6. The molecule has 0 fully saturated rings. The van der Waals surface area contributed by atoms with Crippen LogP contribution >= 0.6 is 0 Å². The van der Waals surface area contributed by atoms with Crippen LogP contribution in [0.15, 0.2) is 22.9 Å². The molecule has 2 rings (SSSR count). The predicted molar refractivity (Wildman–Crippen MR) is 81.4 cm³/mol. The van der Waals surface area contributed by atoms with Gasteiger partial charge in [0.05, 0.1) is 11.3 Å². The normalized spacial score (nSPS) is 10.6. The van der Waals surface area contributed by atoms with E-state index in [-0.39, 0.29) is 24.6 Å². The summed E-state index contributed by atoms with van der Waals surface area (Å²) in [6.45, 7) is 1.96. The number of nitrogens with zero attached hydrogens (tertiary/aromatic N) is 3. The minimum Gasteiger partial charge on any atom is -0.542 e. The van der Waals surface area contributed by atoms with E-state index in [0.29, 0.717) is 17.1 Å². The number of carbonyl (C=O) groups excluding carboxylic acids is 2. The lowest BCUT2D eigenvalue weighted by Gasteiger charge is -2.03. The molecule has 13 heteroatoms. The van der Waals surface area contributed by atoms with Crippen molar-refractivity contribution < 1.29 is 46.9 Å². The van der Waals surface area contributed by atoms with Gasteiger partial charge in [0, 0.05) is 13.1 Å². The lowest BCUT2D eigenvalue weighted by molar-refractivity contribution is -0.752. The molecule has 0 atom stereocenters. The molecule has 0 aliphatic heterocycles. The molecule has 2 aromatic heterocycles. The Hall–Kier alpha value is -3.51. The summed E-state index contributed by atoms with van der Waals surface area (Å²) in [6.07, 6.45) is -2.05. The van der Waals surface area contributed by atoms with E-state index in [1.54, 1.807) is 19.2 Å². The number of carbonyl (C=O) groups is 3. The molecule has 2 heterocycles. The van der Waals surface area contributed by atoms with Gasteiger partial charge in [-0.25, -0.2) is 4.98 Å². The summed E-state index contributed by atoms with van der Waals surface area (Å²) >= 11 is 0. The molecule has 10 nitrogen and oxygen atoms in total. The first-order valence-electron chi connectivity index (χ1n) is 7.51. The highest BCUT2D eigenvalue weighted by atomic mass is 19.4. The third-order valence-electron chi connectivity index (χ3n) is 3.03. The van der Waals surface area contributed by atoms with E-state index >= 15 is 0 Å². The first kappa shape index (κ1) is 22.5. The van der Waals surface area contributed by atoms with Gasteiger partial charge in [-0.05, 0) is 12.0 Å². The Morgan fingerprint density at radius 1 is 1.36 bits per heavy atom. The van der Waals surface area contributed by atoms with Crippen LogP contribution in [0.5, 0.6) is 0 Å². The zero-order valence-electron chi connectivity index (χ0n) is 14.6. The van der Waals surface area contributed by atoms with Crippen molar-refractivity contribution in [3.05, 3.63) is 29.9 Å². The first-order valence-corrected chi connectivity index (χ1v) is 7.51. The zero-order chi connectivity index (χ0) is 21.5.